The zero-order valence-corrected chi connectivity index (χ0v) is 10.9. The fourth-order valence-electron chi connectivity index (χ4n) is 2.76. The summed E-state index contributed by atoms with van der Waals surface area (Å²) in [5, 5.41) is 9.14. The monoisotopic (exact) mass is 249 g/mol. The van der Waals surface area contributed by atoms with Gasteiger partial charge in [-0.1, -0.05) is 12.5 Å². The lowest BCUT2D eigenvalue weighted by Gasteiger charge is -2.35. The van der Waals surface area contributed by atoms with Gasteiger partial charge in [-0.05, 0) is 37.4 Å². The van der Waals surface area contributed by atoms with E-state index >= 15 is 0 Å². The van der Waals surface area contributed by atoms with E-state index in [0.29, 0.717) is 12.6 Å². The van der Waals surface area contributed by atoms with Crippen molar-refractivity contribution >= 4 is 0 Å². The molecule has 1 aliphatic rings. The van der Waals surface area contributed by atoms with E-state index in [4.69, 9.17) is 10.8 Å². The van der Waals surface area contributed by atoms with E-state index in [1.807, 2.05) is 6.07 Å². The Bertz CT molecular complexity index is 368. The molecule has 4 nitrogen and oxygen atoms in total. The van der Waals surface area contributed by atoms with E-state index in [-0.39, 0.29) is 6.61 Å². The van der Waals surface area contributed by atoms with Crippen LogP contribution in [0.3, 0.4) is 0 Å². The van der Waals surface area contributed by atoms with Crippen molar-refractivity contribution in [2.45, 2.75) is 44.8 Å². The summed E-state index contributed by atoms with van der Waals surface area (Å²) < 4.78 is 0. The van der Waals surface area contributed by atoms with Crippen LogP contribution in [0.15, 0.2) is 18.3 Å². The van der Waals surface area contributed by atoms with E-state index < -0.39 is 0 Å². The molecule has 0 radical (unpaired) electrons. The second kappa shape index (κ2) is 6.83. The minimum atomic E-state index is 0.276. The third-order valence-electron chi connectivity index (χ3n) is 3.76. The van der Waals surface area contributed by atoms with Crippen LogP contribution in [0.25, 0.3) is 0 Å². The van der Waals surface area contributed by atoms with Crippen molar-refractivity contribution in [2.24, 2.45) is 5.73 Å². The maximum Gasteiger partial charge on any atom is 0.0584 e. The van der Waals surface area contributed by atoms with Crippen molar-refractivity contribution in [2.75, 3.05) is 13.2 Å². The molecular weight excluding hydrogens is 226 g/mol. The number of pyridine rings is 1. The molecule has 100 valence electrons. The lowest BCUT2D eigenvalue weighted by molar-refractivity contribution is 0.112. The standard InChI is InChI=1S/C14H23N3O/c15-10-14-12(4-3-7-16-14)11-17-8-2-1-5-13(17)6-9-18/h3-4,7,13,18H,1-2,5-6,8-11,15H2. The fraction of sp³-hybridized carbons (Fsp3) is 0.643. The molecule has 0 aliphatic carbocycles. The molecule has 2 heterocycles. The average Bonchev–Trinajstić information content (AvgIpc) is 2.42. The van der Waals surface area contributed by atoms with Gasteiger partial charge in [-0.2, -0.15) is 0 Å². The first kappa shape index (κ1) is 13.5. The summed E-state index contributed by atoms with van der Waals surface area (Å²) in [4.78, 5) is 6.80. The summed E-state index contributed by atoms with van der Waals surface area (Å²) in [7, 11) is 0. The topological polar surface area (TPSA) is 62.4 Å². The molecule has 0 saturated carbocycles. The summed E-state index contributed by atoms with van der Waals surface area (Å²) in [6.45, 7) is 2.79. The van der Waals surface area contributed by atoms with Gasteiger partial charge in [-0.15, -0.1) is 0 Å². The van der Waals surface area contributed by atoms with Crippen LogP contribution < -0.4 is 5.73 Å². The van der Waals surface area contributed by atoms with Crippen LogP contribution in [0.2, 0.25) is 0 Å². The van der Waals surface area contributed by atoms with E-state index in [1.165, 1.54) is 24.8 Å². The summed E-state index contributed by atoms with van der Waals surface area (Å²) in [6, 6.07) is 4.59. The predicted octanol–water partition coefficient (Wildman–Crippen LogP) is 1.28. The van der Waals surface area contributed by atoms with E-state index in [2.05, 4.69) is 16.0 Å². The molecule has 1 aliphatic heterocycles. The summed E-state index contributed by atoms with van der Waals surface area (Å²) in [5.41, 5.74) is 7.95. The first-order valence-electron chi connectivity index (χ1n) is 6.83. The number of aliphatic hydroxyl groups excluding tert-OH is 1. The highest BCUT2D eigenvalue weighted by Gasteiger charge is 2.22. The molecule has 1 fully saturated rings. The molecule has 2 rings (SSSR count). The van der Waals surface area contributed by atoms with Crippen molar-refractivity contribution in [3.8, 4) is 0 Å². The van der Waals surface area contributed by atoms with E-state index in [9.17, 15) is 0 Å². The first-order chi connectivity index (χ1) is 8.85. The van der Waals surface area contributed by atoms with Crippen LogP contribution in [-0.4, -0.2) is 34.2 Å². The number of hydrogen-bond donors (Lipinski definition) is 2. The number of rotatable bonds is 5. The van der Waals surface area contributed by atoms with Gasteiger partial charge in [0.1, 0.15) is 0 Å². The molecule has 0 aromatic carbocycles. The summed E-state index contributed by atoms with van der Waals surface area (Å²) in [5.74, 6) is 0. The number of likely N-dealkylation sites (tertiary alicyclic amines) is 1. The number of nitrogens with two attached hydrogens (primary N) is 1. The van der Waals surface area contributed by atoms with Crippen LogP contribution in [0.5, 0.6) is 0 Å². The first-order valence-corrected chi connectivity index (χ1v) is 6.83. The zero-order valence-electron chi connectivity index (χ0n) is 10.9. The second-order valence-electron chi connectivity index (χ2n) is 4.95. The van der Waals surface area contributed by atoms with E-state index in [0.717, 1.165) is 25.2 Å². The maximum atomic E-state index is 9.14. The van der Waals surface area contributed by atoms with Gasteiger partial charge in [0, 0.05) is 31.9 Å². The van der Waals surface area contributed by atoms with E-state index in [1.54, 1.807) is 6.20 Å². The molecule has 0 bridgehead atoms. The minimum Gasteiger partial charge on any atom is -0.396 e. The molecule has 1 unspecified atom stereocenters. The van der Waals surface area contributed by atoms with Gasteiger partial charge in [0.2, 0.25) is 0 Å². The Kier molecular flexibility index (Phi) is 5.11. The zero-order chi connectivity index (χ0) is 12.8. The van der Waals surface area contributed by atoms with Gasteiger partial charge in [0.15, 0.2) is 0 Å². The maximum absolute atomic E-state index is 9.14. The van der Waals surface area contributed by atoms with Crippen LogP contribution in [0, 0.1) is 0 Å². The molecular formula is C14H23N3O. The van der Waals surface area contributed by atoms with Gasteiger partial charge >= 0.3 is 0 Å². The SMILES string of the molecule is NCc1ncccc1CN1CCCCC1CCO. The smallest absolute Gasteiger partial charge is 0.0584 e. The third kappa shape index (κ3) is 3.28. The van der Waals surface area contributed by atoms with Crippen LogP contribution >= 0.6 is 0 Å². The second-order valence-corrected chi connectivity index (χ2v) is 4.95. The molecule has 1 aromatic rings. The summed E-state index contributed by atoms with van der Waals surface area (Å²) >= 11 is 0. The number of aliphatic hydroxyl groups is 1. The number of piperidine rings is 1. The van der Waals surface area contributed by atoms with Crippen molar-refractivity contribution in [1.82, 2.24) is 9.88 Å². The number of aromatic nitrogens is 1. The molecule has 0 amide bonds. The molecule has 3 N–H and O–H groups in total. The van der Waals surface area contributed by atoms with Crippen LogP contribution in [-0.2, 0) is 13.1 Å². The minimum absolute atomic E-state index is 0.276. The highest BCUT2D eigenvalue weighted by molar-refractivity contribution is 5.19. The largest absolute Gasteiger partial charge is 0.396 e. The molecule has 1 atom stereocenters. The van der Waals surface area contributed by atoms with Gasteiger partial charge in [-0.25, -0.2) is 0 Å². The van der Waals surface area contributed by atoms with Gasteiger partial charge < -0.3 is 10.8 Å². The Balaban J connectivity index is 2.05. The molecule has 1 saturated heterocycles. The van der Waals surface area contributed by atoms with Crippen molar-refractivity contribution in [3.05, 3.63) is 29.6 Å². The molecule has 0 spiro atoms. The van der Waals surface area contributed by atoms with Crippen molar-refractivity contribution in [1.29, 1.82) is 0 Å². The quantitative estimate of drug-likeness (QED) is 0.825. The van der Waals surface area contributed by atoms with Crippen LogP contribution in [0.1, 0.15) is 36.9 Å². The highest BCUT2D eigenvalue weighted by atomic mass is 16.3. The normalized spacial score (nSPS) is 21.1. The lowest BCUT2D eigenvalue weighted by Crippen LogP contribution is -2.39. The molecule has 4 heteroatoms. The Morgan fingerprint density at radius 3 is 3.11 bits per heavy atom. The van der Waals surface area contributed by atoms with Crippen LogP contribution in [0.4, 0.5) is 0 Å². The Hall–Kier alpha value is -0.970. The predicted molar refractivity (Wildman–Crippen MR) is 71.9 cm³/mol. The van der Waals surface area contributed by atoms with Gasteiger partial charge in [-0.3, -0.25) is 9.88 Å². The van der Waals surface area contributed by atoms with Crippen molar-refractivity contribution < 1.29 is 5.11 Å². The van der Waals surface area contributed by atoms with Crippen molar-refractivity contribution in [3.63, 3.8) is 0 Å². The number of hydrogen-bond acceptors (Lipinski definition) is 4. The number of nitrogens with zero attached hydrogens (tertiary/aromatic N) is 2. The highest BCUT2D eigenvalue weighted by Crippen LogP contribution is 2.22. The Labute approximate surface area is 109 Å². The molecule has 18 heavy (non-hydrogen) atoms. The van der Waals surface area contributed by atoms with Gasteiger partial charge in [0.25, 0.3) is 0 Å². The Morgan fingerprint density at radius 2 is 2.33 bits per heavy atom. The van der Waals surface area contributed by atoms with Gasteiger partial charge in [0.05, 0.1) is 5.69 Å². The fourth-order valence-corrected chi connectivity index (χ4v) is 2.76. The average molecular weight is 249 g/mol. The lowest BCUT2D eigenvalue weighted by atomic mass is 9.98. The third-order valence-corrected chi connectivity index (χ3v) is 3.76. The summed E-state index contributed by atoms with van der Waals surface area (Å²) in [6.07, 6.45) is 6.39. The molecule has 1 aromatic heterocycles. The Morgan fingerprint density at radius 1 is 1.44 bits per heavy atom.